The van der Waals surface area contributed by atoms with E-state index in [1.54, 1.807) is 0 Å². The highest BCUT2D eigenvalue weighted by atomic mass is 16.4. The highest BCUT2D eigenvalue weighted by Gasteiger charge is 2.39. The summed E-state index contributed by atoms with van der Waals surface area (Å²) in [5.74, 6) is -2.26. The Hall–Kier alpha value is -2.97. The average molecular weight is 374 g/mol. The lowest BCUT2D eigenvalue weighted by atomic mass is 9.92. The van der Waals surface area contributed by atoms with Crippen LogP contribution in [0.1, 0.15) is 25.3 Å². The maximum atomic E-state index is 12.3. The molecule has 0 heterocycles. The van der Waals surface area contributed by atoms with Crippen LogP contribution >= 0.6 is 0 Å². The minimum atomic E-state index is -1.73. The van der Waals surface area contributed by atoms with Crippen LogP contribution in [0, 0.1) is 0 Å². The van der Waals surface area contributed by atoms with Crippen LogP contribution in [-0.2, 0) is 20.9 Å². The van der Waals surface area contributed by atoms with Crippen LogP contribution in [0.25, 0.3) is 10.8 Å². The molecule has 0 bridgehead atoms. The van der Waals surface area contributed by atoms with E-state index in [0.29, 0.717) is 13.0 Å². The van der Waals surface area contributed by atoms with Crippen molar-refractivity contribution in [3.8, 4) is 0 Å². The largest absolute Gasteiger partial charge is 0.481 e. The zero-order valence-corrected chi connectivity index (χ0v) is 15.3. The first-order valence-corrected chi connectivity index (χ1v) is 8.45. The summed E-state index contributed by atoms with van der Waals surface area (Å²) in [5.41, 5.74) is 15.8. The first-order valence-electron chi connectivity index (χ1n) is 8.45. The van der Waals surface area contributed by atoms with Crippen molar-refractivity contribution >= 4 is 28.6 Å². The van der Waals surface area contributed by atoms with E-state index in [1.807, 2.05) is 42.5 Å². The summed E-state index contributed by atoms with van der Waals surface area (Å²) in [6, 6.07) is 13.8. The predicted octanol–water partition coefficient (Wildman–Crippen LogP) is 0.469. The average Bonchev–Trinajstić information content (AvgIpc) is 2.63. The van der Waals surface area contributed by atoms with Crippen LogP contribution in [0.5, 0.6) is 0 Å². The quantitative estimate of drug-likeness (QED) is 0.442. The fourth-order valence-electron chi connectivity index (χ4n) is 2.42. The van der Waals surface area contributed by atoms with Gasteiger partial charge in [0.1, 0.15) is 0 Å². The molecule has 8 heteroatoms. The number of fused-ring (bicyclic) bond motifs is 1. The molecule has 2 amide bonds. The fraction of sp³-hybridized carbons (Fsp3) is 0.316. The molecular formula is C19H26N4O4. The van der Waals surface area contributed by atoms with Crippen molar-refractivity contribution in [1.29, 1.82) is 0 Å². The number of carboxylic acid groups (broad SMARTS) is 1. The zero-order chi connectivity index (χ0) is 20.4. The molecule has 8 N–H and O–H groups in total. The molecule has 0 saturated heterocycles. The third-order valence-electron chi connectivity index (χ3n) is 3.89. The Morgan fingerprint density at radius 2 is 1.70 bits per heavy atom. The van der Waals surface area contributed by atoms with Crippen molar-refractivity contribution in [2.45, 2.75) is 31.8 Å². The van der Waals surface area contributed by atoms with Gasteiger partial charge in [-0.1, -0.05) is 36.4 Å². The summed E-state index contributed by atoms with van der Waals surface area (Å²) < 4.78 is 0. The lowest BCUT2D eigenvalue weighted by Gasteiger charge is -2.24. The molecule has 0 aliphatic heterocycles. The van der Waals surface area contributed by atoms with Crippen molar-refractivity contribution in [2.75, 3.05) is 6.54 Å². The molecule has 0 unspecified atom stereocenters. The number of nitrogens with one attached hydrogen (secondary N) is 1. The number of carbonyl (C=O) groups excluding carboxylic acids is 2. The summed E-state index contributed by atoms with van der Waals surface area (Å²) >= 11 is 0. The van der Waals surface area contributed by atoms with Crippen LogP contribution in [0.2, 0.25) is 0 Å². The molecule has 146 valence electrons. The molecule has 0 aromatic heterocycles. The number of hydrogen-bond acceptors (Lipinski definition) is 5. The van der Waals surface area contributed by atoms with Crippen molar-refractivity contribution < 1.29 is 19.5 Å². The van der Waals surface area contributed by atoms with Crippen LogP contribution in [0.15, 0.2) is 42.5 Å². The van der Waals surface area contributed by atoms with E-state index < -0.39 is 23.3 Å². The number of hydrogen-bond donors (Lipinski definition) is 5. The summed E-state index contributed by atoms with van der Waals surface area (Å²) in [4.78, 5) is 32.8. The molecule has 2 aromatic carbocycles. The molecular weight excluding hydrogens is 348 g/mol. The van der Waals surface area contributed by atoms with E-state index >= 15 is 0 Å². The van der Waals surface area contributed by atoms with Crippen LogP contribution in [0.3, 0.4) is 0 Å². The Bertz CT molecular complexity index is 805. The second kappa shape index (κ2) is 10.2. The van der Waals surface area contributed by atoms with Crippen LogP contribution in [0.4, 0.5) is 0 Å². The van der Waals surface area contributed by atoms with Gasteiger partial charge in [0.15, 0.2) is 5.54 Å². The topological polar surface area (TPSA) is 162 Å². The summed E-state index contributed by atoms with van der Waals surface area (Å²) in [6.45, 7) is 1.70. The van der Waals surface area contributed by atoms with Gasteiger partial charge < -0.3 is 27.6 Å². The monoisotopic (exact) mass is 374 g/mol. The molecule has 8 nitrogen and oxygen atoms in total. The van der Waals surface area contributed by atoms with Crippen molar-refractivity contribution in [2.24, 2.45) is 17.2 Å². The van der Waals surface area contributed by atoms with E-state index in [0.717, 1.165) is 23.3 Å². The van der Waals surface area contributed by atoms with Gasteiger partial charge in [-0.05, 0) is 41.8 Å². The second-order valence-electron chi connectivity index (χ2n) is 6.11. The van der Waals surface area contributed by atoms with Gasteiger partial charge in [-0.15, -0.1) is 0 Å². The number of aliphatic carboxylic acids is 1. The predicted molar refractivity (Wildman–Crippen MR) is 104 cm³/mol. The summed E-state index contributed by atoms with van der Waals surface area (Å²) in [5, 5.41) is 12.3. The van der Waals surface area contributed by atoms with E-state index in [9.17, 15) is 9.59 Å². The molecule has 1 atom stereocenters. The first kappa shape index (κ1) is 22.1. The van der Waals surface area contributed by atoms with E-state index in [1.165, 1.54) is 0 Å². The fourth-order valence-corrected chi connectivity index (χ4v) is 2.42. The lowest BCUT2D eigenvalue weighted by molar-refractivity contribution is -0.136. The number of carboxylic acids is 1. The van der Waals surface area contributed by atoms with Gasteiger partial charge in [0.25, 0.3) is 5.97 Å². The first-order chi connectivity index (χ1) is 12.7. The van der Waals surface area contributed by atoms with Gasteiger partial charge in [0, 0.05) is 13.5 Å². The number of rotatable bonds is 7. The van der Waals surface area contributed by atoms with Gasteiger partial charge in [0.05, 0.1) is 0 Å². The maximum Gasteiger partial charge on any atom is 0.300 e. The highest BCUT2D eigenvalue weighted by molar-refractivity contribution is 6.08. The maximum absolute atomic E-state index is 12.3. The molecule has 0 fully saturated rings. The molecule has 0 radical (unpaired) electrons. The van der Waals surface area contributed by atoms with Gasteiger partial charge in [-0.3, -0.25) is 14.4 Å². The molecule has 2 rings (SSSR count). The number of nitrogens with two attached hydrogens (primary N) is 3. The molecule has 27 heavy (non-hydrogen) atoms. The van der Waals surface area contributed by atoms with Crippen LogP contribution in [-0.4, -0.2) is 35.0 Å². The van der Waals surface area contributed by atoms with E-state index in [2.05, 4.69) is 5.32 Å². The Kier molecular flexibility index (Phi) is 8.37. The number of amides is 2. The molecule has 0 spiro atoms. The third kappa shape index (κ3) is 6.69. The SMILES string of the molecule is CC(=O)O.NCCC[C@](N)(C(N)=O)C(=O)NCc1ccc2ccccc2c1. The van der Waals surface area contributed by atoms with Gasteiger partial charge in [-0.2, -0.15) is 0 Å². The van der Waals surface area contributed by atoms with Gasteiger partial charge in [-0.25, -0.2) is 0 Å². The normalized spacial score (nSPS) is 12.4. The molecule has 0 aliphatic carbocycles. The number of benzene rings is 2. The second-order valence-corrected chi connectivity index (χ2v) is 6.11. The number of carbonyl (C=O) groups is 3. The standard InChI is InChI=1S/C17H22N4O2.C2H4O2/c18-9-3-8-17(20,15(19)22)16(23)21-11-12-6-7-13-4-1-2-5-14(13)10-12;1-2(3)4/h1-2,4-7,10H,3,8-9,11,18,20H2,(H2,19,22)(H,21,23);1H3,(H,3,4)/t17-;/m0./s1. The van der Waals surface area contributed by atoms with E-state index in [-0.39, 0.29) is 13.0 Å². The number of primary amides is 1. The van der Waals surface area contributed by atoms with Crippen molar-refractivity contribution in [3.63, 3.8) is 0 Å². The smallest absolute Gasteiger partial charge is 0.300 e. The minimum absolute atomic E-state index is 0.127. The van der Waals surface area contributed by atoms with Crippen molar-refractivity contribution in [3.05, 3.63) is 48.0 Å². The third-order valence-corrected chi connectivity index (χ3v) is 3.89. The Labute approximate surface area is 157 Å². The Morgan fingerprint density at radius 3 is 2.26 bits per heavy atom. The summed E-state index contributed by atoms with van der Waals surface area (Å²) in [7, 11) is 0. The van der Waals surface area contributed by atoms with Crippen LogP contribution < -0.4 is 22.5 Å². The molecule has 0 saturated carbocycles. The molecule has 0 aliphatic rings. The minimum Gasteiger partial charge on any atom is -0.481 e. The Morgan fingerprint density at radius 1 is 1.11 bits per heavy atom. The molecule has 2 aromatic rings. The Balaban J connectivity index is 0.000000828. The van der Waals surface area contributed by atoms with Crippen molar-refractivity contribution in [1.82, 2.24) is 5.32 Å². The van der Waals surface area contributed by atoms with Gasteiger partial charge >= 0.3 is 0 Å². The highest BCUT2D eigenvalue weighted by Crippen LogP contribution is 2.16. The lowest BCUT2D eigenvalue weighted by Crippen LogP contribution is -2.62. The zero-order valence-electron chi connectivity index (χ0n) is 15.3. The van der Waals surface area contributed by atoms with Gasteiger partial charge in [0.2, 0.25) is 11.8 Å². The summed E-state index contributed by atoms with van der Waals surface area (Å²) in [6.07, 6.45) is 0.575. The van der Waals surface area contributed by atoms with E-state index in [4.69, 9.17) is 27.1 Å².